The van der Waals surface area contributed by atoms with Gasteiger partial charge in [0.1, 0.15) is 24.8 Å². The molecule has 1 unspecified atom stereocenters. The molecule has 0 saturated heterocycles. The van der Waals surface area contributed by atoms with Crippen LogP contribution in [0.25, 0.3) is 11.1 Å². The van der Waals surface area contributed by atoms with E-state index in [1.807, 2.05) is 0 Å². The quantitative estimate of drug-likeness (QED) is 0.462. The molecule has 0 aliphatic carbocycles. The van der Waals surface area contributed by atoms with Crippen molar-refractivity contribution in [2.75, 3.05) is 6.61 Å². The summed E-state index contributed by atoms with van der Waals surface area (Å²) in [6.45, 7) is 5.19. The van der Waals surface area contributed by atoms with Gasteiger partial charge in [0.05, 0.1) is 6.10 Å². The van der Waals surface area contributed by atoms with E-state index in [2.05, 4.69) is 6.58 Å². The first-order valence-electron chi connectivity index (χ1n) is 9.32. The van der Waals surface area contributed by atoms with Crippen molar-refractivity contribution >= 4 is 0 Å². The largest absolute Gasteiger partial charge is 0.489 e. The summed E-state index contributed by atoms with van der Waals surface area (Å²) < 4.78 is 53.1. The highest BCUT2D eigenvalue weighted by atomic mass is 19.2. The molecular formula is C24H21F3O3. The molecule has 0 amide bonds. The third-order valence-electron chi connectivity index (χ3n) is 4.49. The summed E-state index contributed by atoms with van der Waals surface area (Å²) >= 11 is 0. The molecule has 1 N–H and O–H groups in total. The van der Waals surface area contributed by atoms with Crippen molar-refractivity contribution < 1.29 is 27.8 Å². The number of hydrogen-bond donors (Lipinski definition) is 1. The first-order chi connectivity index (χ1) is 14.4. The smallest absolute Gasteiger partial charge is 0.201 e. The van der Waals surface area contributed by atoms with Gasteiger partial charge in [-0.25, -0.2) is 8.78 Å². The highest BCUT2D eigenvalue weighted by Crippen LogP contribution is 2.29. The van der Waals surface area contributed by atoms with Gasteiger partial charge in [0.25, 0.3) is 0 Å². The van der Waals surface area contributed by atoms with E-state index in [1.54, 1.807) is 42.5 Å². The highest BCUT2D eigenvalue weighted by molar-refractivity contribution is 5.65. The predicted molar refractivity (Wildman–Crippen MR) is 109 cm³/mol. The molecule has 0 aromatic heterocycles. The lowest BCUT2D eigenvalue weighted by molar-refractivity contribution is 0.191. The van der Waals surface area contributed by atoms with Crippen molar-refractivity contribution in [3.8, 4) is 22.6 Å². The maximum atomic E-state index is 14.4. The number of hydrogen-bond acceptors (Lipinski definition) is 3. The zero-order valence-electron chi connectivity index (χ0n) is 16.4. The topological polar surface area (TPSA) is 38.7 Å². The fraction of sp³-hybridized carbons (Fsp3) is 0.167. The van der Waals surface area contributed by atoms with E-state index in [1.165, 1.54) is 25.1 Å². The Hall–Kier alpha value is -3.25. The molecule has 0 spiro atoms. The molecule has 0 radical (unpaired) electrons. The first kappa shape index (κ1) is 21.5. The molecule has 0 bridgehead atoms. The van der Waals surface area contributed by atoms with Crippen LogP contribution in [0.3, 0.4) is 0 Å². The van der Waals surface area contributed by atoms with Crippen molar-refractivity contribution in [3.63, 3.8) is 0 Å². The maximum Gasteiger partial charge on any atom is 0.201 e. The van der Waals surface area contributed by atoms with Crippen LogP contribution in [-0.4, -0.2) is 11.7 Å². The van der Waals surface area contributed by atoms with E-state index < -0.39 is 23.6 Å². The lowest BCUT2D eigenvalue weighted by atomic mass is 10.0. The highest BCUT2D eigenvalue weighted by Gasteiger charge is 2.17. The van der Waals surface area contributed by atoms with Gasteiger partial charge < -0.3 is 14.6 Å². The number of rotatable bonds is 8. The first-order valence-corrected chi connectivity index (χ1v) is 9.32. The van der Waals surface area contributed by atoms with Crippen LogP contribution in [-0.2, 0) is 6.61 Å². The Morgan fingerprint density at radius 2 is 1.70 bits per heavy atom. The fourth-order valence-corrected chi connectivity index (χ4v) is 2.90. The second kappa shape index (κ2) is 9.50. The van der Waals surface area contributed by atoms with Gasteiger partial charge in [0.2, 0.25) is 5.82 Å². The number of aliphatic hydroxyl groups excluding tert-OH is 1. The Balaban J connectivity index is 1.70. The third kappa shape index (κ3) is 4.83. The summed E-state index contributed by atoms with van der Waals surface area (Å²) in [5, 5.41) is 9.44. The molecule has 3 nitrogen and oxygen atoms in total. The van der Waals surface area contributed by atoms with Crippen LogP contribution in [0.2, 0.25) is 0 Å². The molecular weight excluding hydrogens is 393 g/mol. The molecule has 30 heavy (non-hydrogen) atoms. The molecule has 6 heteroatoms. The summed E-state index contributed by atoms with van der Waals surface area (Å²) in [4.78, 5) is 0. The normalized spacial score (nSPS) is 11.8. The van der Waals surface area contributed by atoms with Crippen LogP contribution in [0, 0.1) is 17.5 Å². The SMILES string of the molecule is C=CCOc1ccc(-c2ccc(COc3ccc(C(C)O)c(F)c3F)cc2)c(F)c1. The van der Waals surface area contributed by atoms with Gasteiger partial charge in [0, 0.05) is 17.2 Å². The average molecular weight is 414 g/mol. The lowest BCUT2D eigenvalue weighted by Gasteiger charge is -2.12. The van der Waals surface area contributed by atoms with Crippen molar-refractivity contribution in [2.45, 2.75) is 19.6 Å². The fourth-order valence-electron chi connectivity index (χ4n) is 2.90. The maximum absolute atomic E-state index is 14.4. The minimum atomic E-state index is -1.15. The van der Waals surface area contributed by atoms with Crippen LogP contribution in [0.15, 0.2) is 67.3 Å². The van der Waals surface area contributed by atoms with Gasteiger partial charge in [-0.1, -0.05) is 36.9 Å². The van der Waals surface area contributed by atoms with E-state index in [0.717, 1.165) is 0 Å². The van der Waals surface area contributed by atoms with E-state index in [-0.39, 0.29) is 17.9 Å². The second-order valence-electron chi connectivity index (χ2n) is 6.68. The number of benzene rings is 3. The average Bonchev–Trinajstić information content (AvgIpc) is 2.73. The molecule has 0 aliphatic heterocycles. The molecule has 3 aromatic carbocycles. The van der Waals surface area contributed by atoms with Crippen LogP contribution < -0.4 is 9.47 Å². The standard InChI is InChI=1S/C24H21F3O3/c1-3-12-29-18-8-9-20(21(25)13-18)17-6-4-16(5-7-17)14-30-22-11-10-19(15(2)28)23(26)24(22)27/h3-11,13,15,28H,1,12,14H2,2H3. The molecule has 1 atom stereocenters. The van der Waals surface area contributed by atoms with Crippen LogP contribution >= 0.6 is 0 Å². The summed E-state index contributed by atoms with van der Waals surface area (Å²) in [5.74, 6) is -2.53. The molecule has 3 aromatic rings. The van der Waals surface area contributed by atoms with Crippen molar-refractivity contribution in [3.05, 3.63) is 95.8 Å². The Bertz CT molecular complexity index is 1030. The monoisotopic (exact) mass is 414 g/mol. The third-order valence-corrected chi connectivity index (χ3v) is 4.49. The van der Waals surface area contributed by atoms with Crippen LogP contribution in [0.5, 0.6) is 11.5 Å². The summed E-state index contributed by atoms with van der Waals surface area (Å²) in [6.07, 6.45) is 0.457. The molecule has 156 valence electrons. The zero-order chi connectivity index (χ0) is 21.7. The van der Waals surface area contributed by atoms with Crippen molar-refractivity contribution in [1.82, 2.24) is 0 Å². The van der Waals surface area contributed by atoms with Gasteiger partial charge in [-0.15, -0.1) is 0 Å². The number of ether oxygens (including phenoxy) is 2. The van der Waals surface area contributed by atoms with Crippen molar-refractivity contribution in [1.29, 1.82) is 0 Å². The Labute approximate surface area is 173 Å². The molecule has 0 heterocycles. The number of aliphatic hydroxyl groups is 1. The van der Waals surface area contributed by atoms with E-state index in [0.29, 0.717) is 29.0 Å². The molecule has 0 saturated carbocycles. The zero-order valence-corrected chi connectivity index (χ0v) is 16.4. The van der Waals surface area contributed by atoms with Gasteiger partial charge in [-0.05, 0) is 42.3 Å². The Morgan fingerprint density at radius 3 is 2.33 bits per heavy atom. The van der Waals surface area contributed by atoms with Crippen molar-refractivity contribution in [2.24, 2.45) is 0 Å². The molecule has 0 fully saturated rings. The van der Waals surface area contributed by atoms with E-state index in [9.17, 15) is 18.3 Å². The Morgan fingerprint density at radius 1 is 0.967 bits per heavy atom. The van der Waals surface area contributed by atoms with Gasteiger partial charge >= 0.3 is 0 Å². The van der Waals surface area contributed by atoms with Gasteiger partial charge in [0.15, 0.2) is 11.6 Å². The van der Waals surface area contributed by atoms with Gasteiger partial charge in [-0.3, -0.25) is 0 Å². The minimum absolute atomic E-state index is 0.00147. The lowest BCUT2D eigenvalue weighted by Crippen LogP contribution is -2.03. The van der Waals surface area contributed by atoms with Crippen LogP contribution in [0.1, 0.15) is 24.2 Å². The van der Waals surface area contributed by atoms with Crippen LogP contribution in [0.4, 0.5) is 13.2 Å². The Kier molecular flexibility index (Phi) is 6.79. The van der Waals surface area contributed by atoms with Gasteiger partial charge in [-0.2, -0.15) is 4.39 Å². The summed E-state index contributed by atoms with van der Waals surface area (Å²) in [7, 11) is 0. The summed E-state index contributed by atoms with van der Waals surface area (Å²) in [6, 6.07) is 14.0. The van der Waals surface area contributed by atoms with E-state index in [4.69, 9.17) is 9.47 Å². The second-order valence-corrected chi connectivity index (χ2v) is 6.68. The molecule has 3 rings (SSSR count). The van der Waals surface area contributed by atoms with E-state index >= 15 is 0 Å². The minimum Gasteiger partial charge on any atom is -0.489 e. The summed E-state index contributed by atoms with van der Waals surface area (Å²) in [5.41, 5.74) is 1.64. The predicted octanol–water partition coefficient (Wildman–Crippen LogP) is 5.97. The molecule has 0 aliphatic rings. The number of halogens is 3.